The van der Waals surface area contributed by atoms with Crippen LogP contribution in [0.3, 0.4) is 0 Å². The third-order valence-corrected chi connectivity index (χ3v) is 29.4. The molecule has 3 aromatic heterocycles. The minimum atomic E-state index is -2.15. The Morgan fingerprint density at radius 1 is 0.426 bits per heavy atom. The van der Waals surface area contributed by atoms with Gasteiger partial charge in [0.25, 0.3) is 17.7 Å². The molecule has 31 heteroatoms. The van der Waals surface area contributed by atoms with Crippen LogP contribution < -0.4 is 0 Å². The van der Waals surface area contributed by atoms with E-state index in [-0.39, 0.29) is 135 Å². The van der Waals surface area contributed by atoms with E-state index < -0.39 is 98.7 Å². The number of carboxylic acids is 1. The topological polar surface area (TPSA) is 370 Å². The van der Waals surface area contributed by atoms with Gasteiger partial charge in [0, 0.05) is 89.3 Å². The van der Waals surface area contributed by atoms with Crippen LogP contribution in [0.15, 0.2) is 201 Å². The summed E-state index contributed by atoms with van der Waals surface area (Å²) in [6.07, 6.45) is 22.3. The van der Waals surface area contributed by atoms with Gasteiger partial charge in [-0.2, -0.15) is 15.8 Å². The van der Waals surface area contributed by atoms with Crippen molar-refractivity contribution in [3.05, 3.63) is 367 Å². The summed E-state index contributed by atoms with van der Waals surface area (Å²) in [5.41, 5.74) is -3.38. The Labute approximate surface area is 831 Å². The Morgan fingerprint density at radius 2 is 0.773 bits per heavy atom. The molecule has 724 valence electrons. The zero-order valence-electron chi connectivity index (χ0n) is 76.6. The van der Waals surface area contributed by atoms with Gasteiger partial charge in [0.1, 0.15) is 41.5 Å². The van der Waals surface area contributed by atoms with Gasteiger partial charge >= 0.3 is 5.97 Å². The van der Waals surface area contributed by atoms with Crippen molar-refractivity contribution in [3.63, 3.8) is 0 Å². The van der Waals surface area contributed by atoms with Crippen LogP contribution in [-0.2, 0) is 41.5 Å². The van der Waals surface area contributed by atoms with Gasteiger partial charge in [-0.25, -0.2) is 22.4 Å². The van der Waals surface area contributed by atoms with Crippen molar-refractivity contribution >= 4 is 87.4 Å². The van der Waals surface area contributed by atoms with E-state index in [1.165, 1.54) is 96.3 Å². The lowest BCUT2D eigenvalue weighted by atomic mass is 9.82. The number of rotatable bonds is 24. The van der Waals surface area contributed by atoms with Crippen molar-refractivity contribution in [1.29, 1.82) is 15.8 Å². The van der Waals surface area contributed by atoms with Gasteiger partial charge in [0.15, 0.2) is 34.5 Å². The third-order valence-electron chi connectivity index (χ3n) is 28.4. The summed E-state index contributed by atoms with van der Waals surface area (Å²) in [4.78, 5) is 109. The Morgan fingerprint density at radius 3 is 1.16 bits per heavy atom. The van der Waals surface area contributed by atoms with Gasteiger partial charge in [0.2, 0.25) is 0 Å². The van der Waals surface area contributed by atoms with E-state index in [0.717, 1.165) is 163 Å². The van der Waals surface area contributed by atoms with Crippen molar-refractivity contribution in [2.24, 2.45) is 29.1 Å². The molecular weight excluding hydrogens is 1890 g/mol. The molecule has 19 rings (SSSR count). The smallest absolute Gasteiger partial charge is 0.336 e. The first-order valence-corrected chi connectivity index (χ1v) is 48.7. The Kier molecular flexibility index (Phi) is 31.1. The van der Waals surface area contributed by atoms with Crippen LogP contribution in [-0.4, -0.2) is 115 Å². The SMILES string of the molecule is N#Cc1ccc(CN2C(=O)c3cc(C(=O)C4CCCCC4)cc(F)c3C2(O)c2ccc(Cl)cc2)nc1.N#Cc1ccc(CN2C(=O)c3cc(C(=O)C4CCCCC4)cc(F)c3[C@]2(OCC2(CO)CC2)c2ccc(Cl)cc2)nc1.N#Cc1ccc(CN2C(=O)c3cc(C(O)C4CCCCC4)cc(F)c3C2(O)c2ccc(Cl)cc2)nc1.O=C(O)c1cc(C(O)C2CCCCC2)cc(F)c1C(=O)c1ccc(Cl)cc1. The van der Waals surface area contributed by atoms with Crippen LogP contribution >= 0.6 is 46.4 Å². The number of hydrogen-bond donors (Lipinski definition) is 6. The molecule has 5 atom stereocenters. The van der Waals surface area contributed by atoms with E-state index in [2.05, 4.69) is 15.0 Å². The standard InChI is InChI=1S/C33H31ClFN3O4.C28H25ClFN3O3.C28H23ClFN3O3.C21H20ClFO4/c34-25-9-7-24(8-10-25)33(42-20-32(19-39)12-13-32)29-27(31(41)38(33)18-26-11-6-21(16-36)17-37-26)14-23(15-28(29)35)30(40)22-4-2-1-3-5-22;2*29-21-9-7-20(8-10-21)28(36)25-23(27(35)33(28)16-22-11-6-17(14-31)15-32-22)12-19(13-24(25)30)26(34)18-4-2-1-3-5-18;22-15-8-6-13(7-9-15)20(25)18-16(21(26)27)10-14(11-17(18)23)19(24)12-4-2-1-3-5-12/h6-11,14-15,17,22,39H,1-5,12-13,18-20H2;6-13,15,18,26,34,36H,1-5,16H2;6-13,15,18,36H,1-5,16H2;6-12,19,24H,1-5H2,(H,26,27)/t33-;;;/m1.../s1. The summed E-state index contributed by atoms with van der Waals surface area (Å²) in [5, 5.41) is 94.3. The molecule has 8 aromatic carbocycles. The summed E-state index contributed by atoms with van der Waals surface area (Å²) < 4.78 is 69.5. The number of nitrogens with zero attached hydrogens (tertiary/aromatic N) is 9. The molecule has 6 N–H and O–H groups in total. The van der Waals surface area contributed by atoms with E-state index in [1.54, 1.807) is 97.1 Å². The molecule has 4 unspecified atom stereocenters. The number of Topliss-reactive ketones (excluding diaryl/α,β-unsaturated/α-hetero) is 2. The monoisotopic (exact) mass is 1990 g/mol. The van der Waals surface area contributed by atoms with E-state index in [1.807, 2.05) is 18.2 Å². The minimum Gasteiger partial charge on any atom is -0.478 e. The lowest BCUT2D eigenvalue weighted by Crippen LogP contribution is -2.48. The van der Waals surface area contributed by atoms with Crippen LogP contribution in [0.5, 0.6) is 0 Å². The summed E-state index contributed by atoms with van der Waals surface area (Å²) in [5.74, 6) is -7.83. The third kappa shape index (κ3) is 21.0. The highest BCUT2D eigenvalue weighted by Gasteiger charge is 2.59. The number of aromatic nitrogens is 3. The summed E-state index contributed by atoms with van der Waals surface area (Å²) in [6, 6.07) is 50.7. The van der Waals surface area contributed by atoms with Crippen molar-refractivity contribution in [1.82, 2.24) is 29.7 Å². The van der Waals surface area contributed by atoms with Gasteiger partial charge in [0.05, 0.1) is 123 Å². The van der Waals surface area contributed by atoms with Crippen LogP contribution in [0.25, 0.3) is 0 Å². The maximum atomic E-state index is 16.5. The lowest BCUT2D eigenvalue weighted by Gasteiger charge is -2.40. The number of pyridine rings is 3. The van der Waals surface area contributed by atoms with Crippen molar-refractivity contribution in [2.75, 3.05) is 13.2 Å². The molecule has 5 aliphatic carbocycles. The number of fused-ring (bicyclic) bond motifs is 3. The fourth-order valence-corrected chi connectivity index (χ4v) is 21.0. The quantitative estimate of drug-likeness (QED) is 0.0242. The van der Waals surface area contributed by atoms with Gasteiger partial charge < -0.3 is 35.4 Å². The number of carbonyl (C=O) groups is 7. The van der Waals surface area contributed by atoms with Crippen LogP contribution in [0.1, 0.15) is 310 Å². The Bertz CT molecular complexity index is 6720. The summed E-state index contributed by atoms with van der Waals surface area (Å²) >= 11 is 24.1. The number of halogens is 8. The molecule has 8 aliphatic rings. The van der Waals surface area contributed by atoms with Crippen molar-refractivity contribution < 1.29 is 86.5 Å². The highest BCUT2D eigenvalue weighted by atomic mass is 35.5. The average Bonchev–Trinajstić information content (AvgIpc) is 1.56. The highest BCUT2D eigenvalue weighted by Crippen LogP contribution is 2.55. The first-order chi connectivity index (χ1) is 67.8. The Hall–Kier alpha value is -12.8. The van der Waals surface area contributed by atoms with Crippen LogP contribution in [0, 0.1) is 86.3 Å². The fourth-order valence-electron chi connectivity index (χ4n) is 20.5. The van der Waals surface area contributed by atoms with Crippen LogP contribution in [0.4, 0.5) is 17.6 Å². The maximum Gasteiger partial charge on any atom is 0.336 e. The number of ether oxygens (including phenoxy) is 1. The highest BCUT2D eigenvalue weighted by molar-refractivity contribution is 6.31. The minimum absolute atomic E-state index is 0.00167. The molecule has 11 aromatic rings. The molecule has 3 aliphatic heterocycles. The predicted octanol–water partition coefficient (Wildman–Crippen LogP) is 21.7. The molecule has 5 saturated carbocycles. The molecule has 141 heavy (non-hydrogen) atoms. The zero-order chi connectivity index (χ0) is 99.9. The fraction of sp³-hybridized carbons (Fsp3) is 0.336. The number of hydrogen-bond acceptors (Lipinski definition) is 19. The van der Waals surface area contributed by atoms with E-state index in [0.29, 0.717) is 65.0 Å². The molecule has 23 nitrogen and oxygen atoms in total. The number of aliphatic hydroxyl groups is 5. The van der Waals surface area contributed by atoms with Crippen molar-refractivity contribution in [3.8, 4) is 18.2 Å². The predicted molar refractivity (Wildman–Crippen MR) is 515 cm³/mol. The molecule has 0 bridgehead atoms. The molecule has 0 spiro atoms. The lowest BCUT2D eigenvalue weighted by molar-refractivity contribution is -0.130. The summed E-state index contributed by atoms with van der Waals surface area (Å²) in [6.45, 7) is -0.349. The van der Waals surface area contributed by atoms with Crippen molar-refractivity contribution in [2.45, 2.75) is 190 Å². The van der Waals surface area contributed by atoms with Crippen LogP contribution in [0.2, 0.25) is 20.1 Å². The number of carbonyl (C=O) groups excluding carboxylic acids is 6. The number of carboxylic acid groups (broad SMARTS) is 1. The second kappa shape index (κ2) is 43.3. The van der Waals surface area contributed by atoms with E-state index in [9.17, 15) is 73.9 Å². The second-order valence-corrected chi connectivity index (χ2v) is 39.2. The average molecular weight is 1990 g/mol. The summed E-state index contributed by atoms with van der Waals surface area (Å²) in [7, 11) is 0. The molecular formula is C110H99Cl4F4N9O14. The van der Waals surface area contributed by atoms with E-state index >= 15 is 13.2 Å². The molecule has 5 fully saturated rings. The molecule has 6 heterocycles. The number of amides is 3. The number of nitriles is 3. The van der Waals surface area contributed by atoms with Gasteiger partial charge in [-0.3, -0.25) is 58.4 Å². The van der Waals surface area contributed by atoms with E-state index in [4.69, 9.17) is 61.7 Å². The maximum absolute atomic E-state index is 16.5. The number of aliphatic hydroxyl groups excluding tert-OH is 3. The Balaban J connectivity index is 0.000000137. The number of ketones is 3. The normalized spacial score (nSPS) is 19.7. The first kappa shape index (κ1) is 101. The molecule has 3 amide bonds. The number of benzene rings is 8. The van der Waals surface area contributed by atoms with Gasteiger partial charge in [-0.15, -0.1) is 0 Å². The first-order valence-electron chi connectivity index (χ1n) is 47.2. The number of aromatic carboxylic acids is 1. The largest absolute Gasteiger partial charge is 0.478 e. The molecule has 0 saturated heterocycles. The zero-order valence-corrected chi connectivity index (χ0v) is 79.6. The molecule has 0 radical (unpaired) electrons. The van der Waals surface area contributed by atoms with Gasteiger partial charge in [-0.05, 0) is 233 Å². The second-order valence-electron chi connectivity index (χ2n) is 37.4. The van der Waals surface area contributed by atoms with Gasteiger partial charge in [-0.1, -0.05) is 160 Å².